The normalized spacial score (nSPS) is 11.0. The van der Waals surface area contributed by atoms with Crippen LogP contribution >= 0.6 is 36.7 Å². The van der Waals surface area contributed by atoms with E-state index in [4.69, 9.17) is 5.11 Å². The molecule has 3 aromatic rings. The summed E-state index contributed by atoms with van der Waals surface area (Å²) in [6.45, 7) is 0. The van der Waals surface area contributed by atoms with Crippen molar-refractivity contribution in [3.63, 3.8) is 0 Å². The fourth-order valence-electron chi connectivity index (χ4n) is 3.77. The van der Waals surface area contributed by atoms with Crippen molar-refractivity contribution >= 4 is 58.5 Å². The molecule has 0 amide bonds. The van der Waals surface area contributed by atoms with Crippen LogP contribution in [0, 0.1) is 0 Å². The summed E-state index contributed by atoms with van der Waals surface area (Å²) in [5, 5.41) is 13.2. The number of hydrogen-bond acceptors (Lipinski definition) is 1. The van der Waals surface area contributed by atoms with Crippen molar-refractivity contribution < 1.29 is 9.90 Å². The van der Waals surface area contributed by atoms with E-state index >= 15 is 0 Å². The molecule has 0 saturated heterocycles. The molecule has 0 saturated carbocycles. The van der Waals surface area contributed by atoms with E-state index in [0.717, 1.165) is 19.0 Å². The zero-order valence-corrected chi connectivity index (χ0v) is 19.2. The minimum absolute atomic E-state index is 0. The first-order chi connectivity index (χ1) is 12.7. The third kappa shape index (κ3) is 5.67. The van der Waals surface area contributed by atoms with Gasteiger partial charge >= 0.3 is 155 Å². The summed E-state index contributed by atoms with van der Waals surface area (Å²) in [6.07, 6.45) is 2.88. The van der Waals surface area contributed by atoms with E-state index in [9.17, 15) is 4.79 Å². The Kier molecular flexibility index (Phi) is 10.5. The van der Waals surface area contributed by atoms with Crippen LogP contribution in [0.25, 0.3) is 0 Å². The molecule has 0 unspecified atom stereocenters. The first-order valence-corrected chi connectivity index (χ1v) is 11.3. The van der Waals surface area contributed by atoms with Crippen molar-refractivity contribution in [2.24, 2.45) is 0 Å². The Morgan fingerprint density at radius 2 is 1.04 bits per heavy atom. The van der Waals surface area contributed by atoms with Crippen molar-refractivity contribution in [2.75, 3.05) is 6.16 Å². The number of carboxylic acids is 1. The van der Waals surface area contributed by atoms with Gasteiger partial charge in [-0.25, -0.2) is 0 Å². The molecule has 0 bridgehead atoms. The van der Waals surface area contributed by atoms with Crippen molar-refractivity contribution in [2.45, 2.75) is 19.3 Å². The minimum atomic E-state index is -2.19. The Labute approximate surface area is 184 Å². The first-order valence-electron chi connectivity index (χ1n) is 9.12. The van der Waals surface area contributed by atoms with Crippen LogP contribution in [0.15, 0.2) is 91.0 Å². The number of aliphatic carboxylic acids is 1. The van der Waals surface area contributed by atoms with Gasteiger partial charge in [0, 0.05) is 0 Å². The molecular weight excluding hydrogens is 455 g/mol. The summed E-state index contributed by atoms with van der Waals surface area (Å²) >= 11 is 0. The molecule has 0 spiro atoms. The van der Waals surface area contributed by atoms with Crippen molar-refractivity contribution in [3.05, 3.63) is 91.0 Å². The molecule has 0 fully saturated rings. The third-order valence-electron chi connectivity index (χ3n) is 4.99. The molecule has 0 atom stereocenters. The second-order valence-corrected chi connectivity index (χ2v) is 10.6. The van der Waals surface area contributed by atoms with Crippen LogP contribution in [0.4, 0.5) is 0 Å². The van der Waals surface area contributed by atoms with Gasteiger partial charge in [-0.05, 0) is 0 Å². The van der Waals surface area contributed by atoms with Gasteiger partial charge in [0.2, 0.25) is 0 Å². The standard InChI is InChI=1S/C23H25O2P.BrH.ClH/c24-23(25)18-10-11-19-26(20-12-4-1-5-13-20,21-14-6-2-7-15-21)22-16-8-3-9-17-22;;/h1-9,12-17,26H,10-11,18-19H2,(H,24,25);2*1H. The van der Waals surface area contributed by atoms with E-state index in [1.165, 1.54) is 15.9 Å². The van der Waals surface area contributed by atoms with Crippen LogP contribution in [0.1, 0.15) is 19.3 Å². The van der Waals surface area contributed by atoms with Gasteiger partial charge in [0.15, 0.2) is 0 Å². The van der Waals surface area contributed by atoms with Crippen molar-refractivity contribution in [1.29, 1.82) is 0 Å². The number of carbonyl (C=O) groups is 1. The van der Waals surface area contributed by atoms with E-state index in [-0.39, 0.29) is 35.8 Å². The van der Waals surface area contributed by atoms with Gasteiger partial charge in [-0.3, -0.25) is 0 Å². The van der Waals surface area contributed by atoms with Crippen LogP contribution in [0.5, 0.6) is 0 Å². The fourth-order valence-corrected chi connectivity index (χ4v) is 8.70. The molecule has 0 radical (unpaired) electrons. The Balaban J connectivity index is 0.00000196. The number of unbranched alkanes of at least 4 members (excludes halogenated alkanes) is 1. The maximum atomic E-state index is 10.9. The second-order valence-electron chi connectivity index (χ2n) is 6.60. The Morgan fingerprint density at radius 1 is 0.679 bits per heavy atom. The molecule has 1 N–H and O–H groups in total. The van der Waals surface area contributed by atoms with E-state index in [2.05, 4.69) is 91.0 Å². The predicted octanol–water partition coefficient (Wildman–Crippen LogP) is 4.97. The molecule has 0 aliphatic rings. The molecule has 0 aromatic heterocycles. The molecular formula is C23H27BrClO2P. The van der Waals surface area contributed by atoms with Crippen LogP contribution in [0.3, 0.4) is 0 Å². The van der Waals surface area contributed by atoms with Gasteiger partial charge in [-0.1, -0.05) is 0 Å². The Hall–Kier alpha value is -1.67. The maximum absolute atomic E-state index is 10.9. The number of rotatable bonds is 8. The molecule has 2 nitrogen and oxygen atoms in total. The second kappa shape index (κ2) is 12.0. The van der Waals surface area contributed by atoms with Crippen molar-refractivity contribution in [1.82, 2.24) is 0 Å². The van der Waals surface area contributed by atoms with Crippen LogP contribution in [-0.4, -0.2) is 17.2 Å². The summed E-state index contributed by atoms with van der Waals surface area (Å²) in [5.41, 5.74) is 0. The zero-order valence-electron chi connectivity index (χ0n) is 15.7. The van der Waals surface area contributed by atoms with E-state index < -0.39 is 13.2 Å². The first kappa shape index (κ1) is 24.4. The number of hydrogen-bond donors (Lipinski definition) is 1. The van der Waals surface area contributed by atoms with Gasteiger partial charge in [-0.2, -0.15) is 0 Å². The Morgan fingerprint density at radius 3 is 1.36 bits per heavy atom. The molecule has 0 aliphatic heterocycles. The van der Waals surface area contributed by atoms with Gasteiger partial charge < -0.3 is 0 Å². The summed E-state index contributed by atoms with van der Waals surface area (Å²) in [6, 6.07) is 32.3. The molecule has 5 heteroatoms. The zero-order chi connectivity index (χ0) is 18.2. The average molecular weight is 482 g/mol. The number of halogens is 2. The summed E-state index contributed by atoms with van der Waals surface area (Å²) < 4.78 is 0. The Bertz CT molecular complexity index is 732. The van der Waals surface area contributed by atoms with Crippen LogP contribution in [0.2, 0.25) is 0 Å². The van der Waals surface area contributed by atoms with Crippen LogP contribution < -0.4 is 15.9 Å². The molecule has 3 rings (SSSR count). The molecule has 28 heavy (non-hydrogen) atoms. The predicted molar refractivity (Wildman–Crippen MR) is 130 cm³/mol. The molecule has 0 aliphatic carbocycles. The topological polar surface area (TPSA) is 37.3 Å². The van der Waals surface area contributed by atoms with Gasteiger partial charge in [0.05, 0.1) is 0 Å². The average Bonchev–Trinajstić information content (AvgIpc) is 2.70. The van der Waals surface area contributed by atoms with E-state index in [1.807, 2.05) is 0 Å². The molecule has 0 heterocycles. The third-order valence-corrected chi connectivity index (χ3v) is 10.1. The monoisotopic (exact) mass is 480 g/mol. The number of carboxylic acid groups (broad SMARTS) is 1. The van der Waals surface area contributed by atoms with Gasteiger partial charge in [-0.15, -0.1) is 29.4 Å². The van der Waals surface area contributed by atoms with E-state index in [0.29, 0.717) is 0 Å². The SMILES string of the molecule is Br.Cl.O=C(O)CCCC[PH](c1ccccc1)(c1ccccc1)c1ccccc1. The van der Waals surface area contributed by atoms with E-state index in [1.54, 1.807) is 0 Å². The molecule has 3 aromatic carbocycles. The summed E-state index contributed by atoms with van der Waals surface area (Å²) in [7, 11) is -2.19. The molecule has 150 valence electrons. The van der Waals surface area contributed by atoms with Gasteiger partial charge in [0.1, 0.15) is 0 Å². The van der Waals surface area contributed by atoms with Crippen molar-refractivity contribution in [3.8, 4) is 0 Å². The fraction of sp³-hybridized carbons (Fsp3) is 0.174. The number of benzene rings is 3. The summed E-state index contributed by atoms with van der Waals surface area (Å²) in [5.74, 6) is -0.712. The van der Waals surface area contributed by atoms with Gasteiger partial charge in [0.25, 0.3) is 0 Å². The summed E-state index contributed by atoms with van der Waals surface area (Å²) in [4.78, 5) is 10.9. The van der Waals surface area contributed by atoms with Crippen LogP contribution in [-0.2, 0) is 4.79 Å². The quantitative estimate of drug-likeness (QED) is 0.364.